The van der Waals surface area contributed by atoms with Gasteiger partial charge in [-0.25, -0.2) is 0 Å². The molecule has 0 spiro atoms. The van der Waals surface area contributed by atoms with Crippen LogP contribution >= 0.6 is 0 Å². The zero-order valence-electron chi connectivity index (χ0n) is 11.7. The summed E-state index contributed by atoms with van der Waals surface area (Å²) in [5.74, 6) is 6.15. The lowest BCUT2D eigenvalue weighted by Crippen LogP contribution is -2.44. The number of hydrazine groups is 1. The van der Waals surface area contributed by atoms with E-state index in [1.54, 1.807) is 13.8 Å². The molecule has 1 unspecified atom stereocenters. The number of nitrogens with one attached hydrogen (secondary N) is 1. The highest BCUT2D eigenvalue weighted by Gasteiger charge is 2.39. The molecule has 2 rings (SSSR count). The highest BCUT2D eigenvalue weighted by molar-refractivity contribution is 5.63. The van der Waals surface area contributed by atoms with Gasteiger partial charge in [0, 0.05) is 35.2 Å². The van der Waals surface area contributed by atoms with Crippen LogP contribution in [0, 0.1) is 30.9 Å². The van der Waals surface area contributed by atoms with Gasteiger partial charge in [-0.1, -0.05) is 0 Å². The van der Waals surface area contributed by atoms with Crippen molar-refractivity contribution in [3.05, 3.63) is 32.4 Å². The molecular weight excluding hydrogens is 246 g/mol. The van der Waals surface area contributed by atoms with Gasteiger partial charge >= 0.3 is 0 Å². The van der Waals surface area contributed by atoms with Crippen LogP contribution in [0.2, 0.25) is 0 Å². The van der Waals surface area contributed by atoms with Gasteiger partial charge in [-0.3, -0.25) is 21.4 Å². The molecule has 0 aliphatic carbocycles. The second kappa shape index (κ2) is 4.47. The summed E-state index contributed by atoms with van der Waals surface area (Å²) in [5, 5.41) is 11.2. The van der Waals surface area contributed by atoms with E-state index in [-0.39, 0.29) is 10.6 Å². The summed E-state index contributed by atoms with van der Waals surface area (Å²) < 4.78 is 6.00. The van der Waals surface area contributed by atoms with Crippen LogP contribution in [-0.4, -0.2) is 17.1 Å². The quantitative estimate of drug-likeness (QED) is 0.493. The van der Waals surface area contributed by atoms with Crippen molar-refractivity contribution in [1.29, 1.82) is 0 Å². The molecule has 0 radical (unpaired) electrons. The van der Waals surface area contributed by atoms with E-state index in [2.05, 4.69) is 5.43 Å². The number of nitrogens with zero attached hydrogens (tertiary/aromatic N) is 1. The molecule has 0 bridgehead atoms. The molecule has 1 aromatic rings. The van der Waals surface area contributed by atoms with Crippen LogP contribution in [0.15, 0.2) is 0 Å². The second-order valence-corrected chi connectivity index (χ2v) is 5.40. The van der Waals surface area contributed by atoms with Crippen molar-refractivity contribution in [3.63, 3.8) is 0 Å². The van der Waals surface area contributed by atoms with Gasteiger partial charge in [0.05, 0.1) is 4.92 Å². The standard InChI is InChI=1S/C13H19N3O3/c1-7-8(2)12-10(9(3)11(7)16(17)18)5-13(4,19-12)6-15-14/h15H,5-6,14H2,1-4H3. The minimum atomic E-state index is -0.450. The maximum absolute atomic E-state index is 11.2. The van der Waals surface area contributed by atoms with Crippen molar-refractivity contribution in [3.8, 4) is 5.75 Å². The topological polar surface area (TPSA) is 90.4 Å². The summed E-state index contributed by atoms with van der Waals surface area (Å²) in [4.78, 5) is 10.9. The molecule has 0 saturated heterocycles. The molecular formula is C13H19N3O3. The number of nitro benzene ring substituents is 1. The maximum Gasteiger partial charge on any atom is 0.275 e. The van der Waals surface area contributed by atoms with Crippen molar-refractivity contribution in [1.82, 2.24) is 5.43 Å². The SMILES string of the molecule is Cc1c(C)c([N+](=O)[O-])c(C)c2c1OC(C)(CNN)C2. The third-order valence-corrected chi connectivity index (χ3v) is 3.90. The van der Waals surface area contributed by atoms with Crippen molar-refractivity contribution in [2.45, 2.75) is 39.7 Å². The van der Waals surface area contributed by atoms with E-state index in [1.807, 2.05) is 13.8 Å². The monoisotopic (exact) mass is 265 g/mol. The summed E-state index contributed by atoms with van der Waals surface area (Å²) in [7, 11) is 0. The molecule has 6 heteroatoms. The zero-order chi connectivity index (χ0) is 14.4. The van der Waals surface area contributed by atoms with Crippen LogP contribution in [0.25, 0.3) is 0 Å². The fourth-order valence-corrected chi connectivity index (χ4v) is 2.76. The number of benzene rings is 1. The van der Waals surface area contributed by atoms with E-state index in [4.69, 9.17) is 10.6 Å². The number of nitro groups is 1. The fourth-order valence-electron chi connectivity index (χ4n) is 2.76. The lowest BCUT2D eigenvalue weighted by Gasteiger charge is -2.23. The molecule has 0 amide bonds. The highest BCUT2D eigenvalue weighted by atomic mass is 16.6. The van der Waals surface area contributed by atoms with Gasteiger partial charge in [0.25, 0.3) is 5.69 Å². The smallest absolute Gasteiger partial charge is 0.275 e. The van der Waals surface area contributed by atoms with Crippen LogP contribution in [0.5, 0.6) is 5.75 Å². The van der Waals surface area contributed by atoms with Gasteiger partial charge < -0.3 is 4.74 Å². The molecule has 1 heterocycles. The van der Waals surface area contributed by atoms with Crippen LogP contribution in [0.3, 0.4) is 0 Å². The van der Waals surface area contributed by atoms with E-state index < -0.39 is 5.60 Å². The van der Waals surface area contributed by atoms with E-state index in [1.165, 1.54) is 0 Å². The Hall–Kier alpha value is -1.66. The molecule has 0 saturated carbocycles. The first kappa shape index (κ1) is 13.8. The van der Waals surface area contributed by atoms with Crippen molar-refractivity contribution in [2.75, 3.05) is 6.54 Å². The van der Waals surface area contributed by atoms with E-state index >= 15 is 0 Å². The molecule has 1 aliphatic rings. The number of nitrogens with two attached hydrogens (primary N) is 1. The molecule has 1 atom stereocenters. The molecule has 104 valence electrons. The summed E-state index contributed by atoms with van der Waals surface area (Å²) in [6.45, 7) is 7.86. The fraction of sp³-hybridized carbons (Fsp3) is 0.538. The first-order valence-electron chi connectivity index (χ1n) is 6.20. The largest absolute Gasteiger partial charge is 0.485 e. The second-order valence-electron chi connectivity index (χ2n) is 5.40. The molecule has 1 aliphatic heterocycles. The Morgan fingerprint density at radius 2 is 2.00 bits per heavy atom. The Kier molecular flexibility index (Phi) is 3.24. The Morgan fingerprint density at radius 1 is 1.37 bits per heavy atom. The van der Waals surface area contributed by atoms with Gasteiger partial charge in [-0.05, 0) is 27.7 Å². The summed E-state index contributed by atoms with van der Waals surface area (Å²) in [5.41, 5.74) is 5.50. The lowest BCUT2D eigenvalue weighted by molar-refractivity contribution is -0.386. The van der Waals surface area contributed by atoms with Gasteiger partial charge in [0.2, 0.25) is 0 Å². The molecule has 6 nitrogen and oxygen atoms in total. The summed E-state index contributed by atoms with van der Waals surface area (Å²) in [6.07, 6.45) is 0.625. The molecule has 0 fully saturated rings. The van der Waals surface area contributed by atoms with Crippen molar-refractivity contribution in [2.24, 2.45) is 5.84 Å². The van der Waals surface area contributed by atoms with Crippen LogP contribution in [0.1, 0.15) is 29.2 Å². The number of rotatable bonds is 3. The molecule has 3 N–H and O–H groups in total. The third kappa shape index (κ3) is 2.06. The number of hydrogen-bond donors (Lipinski definition) is 2. The third-order valence-electron chi connectivity index (χ3n) is 3.90. The predicted octanol–water partition coefficient (Wildman–Crippen LogP) is 1.68. The van der Waals surface area contributed by atoms with Crippen LogP contribution in [-0.2, 0) is 6.42 Å². The van der Waals surface area contributed by atoms with E-state index in [0.717, 1.165) is 16.9 Å². The summed E-state index contributed by atoms with van der Waals surface area (Å²) >= 11 is 0. The van der Waals surface area contributed by atoms with E-state index in [0.29, 0.717) is 24.1 Å². The first-order valence-corrected chi connectivity index (χ1v) is 6.20. The van der Waals surface area contributed by atoms with Crippen molar-refractivity contribution < 1.29 is 9.66 Å². The normalized spacial score (nSPS) is 21.1. The van der Waals surface area contributed by atoms with Gasteiger partial charge in [-0.15, -0.1) is 0 Å². The average Bonchev–Trinajstić information content (AvgIpc) is 2.65. The molecule has 0 aromatic heterocycles. The minimum Gasteiger partial charge on any atom is -0.485 e. The van der Waals surface area contributed by atoms with Crippen LogP contribution < -0.4 is 16.0 Å². The zero-order valence-corrected chi connectivity index (χ0v) is 11.7. The number of fused-ring (bicyclic) bond motifs is 1. The number of hydrogen-bond acceptors (Lipinski definition) is 5. The maximum atomic E-state index is 11.2. The predicted molar refractivity (Wildman–Crippen MR) is 72.2 cm³/mol. The number of ether oxygens (including phenoxy) is 1. The Morgan fingerprint density at radius 3 is 2.53 bits per heavy atom. The van der Waals surface area contributed by atoms with Gasteiger partial charge in [0.15, 0.2) is 0 Å². The molecule has 1 aromatic carbocycles. The Bertz CT molecular complexity index is 557. The Labute approximate surface area is 112 Å². The average molecular weight is 265 g/mol. The van der Waals surface area contributed by atoms with E-state index in [9.17, 15) is 10.1 Å². The molecule has 19 heavy (non-hydrogen) atoms. The van der Waals surface area contributed by atoms with Gasteiger partial charge in [0.1, 0.15) is 11.4 Å². The van der Waals surface area contributed by atoms with Crippen molar-refractivity contribution >= 4 is 5.69 Å². The summed E-state index contributed by atoms with van der Waals surface area (Å²) in [6, 6.07) is 0. The van der Waals surface area contributed by atoms with Gasteiger partial charge in [-0.2, -0.15) is 0 Å². The lowest BCUT2D eigenvalue weighted by atomic mass is 9.92. The van der Waals surface area contributed by atoms with Crippen LogP contribution in [0.4, 0.5) is 5.69 Å². The first-order chi connectivity index (χ1) is 8.80. The minimum absolute atomic E-state index is 0.199. The highest BCUT2D eigenvalue weighted by Crippen LogP contribution is 2.44. The Balaban J connectivity index is 2.60.